The zero-order valence-corrected chi connectivity index (χ0v) is 13.2. The van der Waals surface area contributed by atoms with Gasteiger partial charge in [0.1, 0.15) is 23.8 Å². The van der Waals surface area contributed by atoms with Crippen molar-refractivity contribution in [2.45, 2.75) is 11.9 Å². The molecule has 3 rings (SSSR count). The predicted molar refractivity (Wildman–Crippen MR) is 85.1 cm³/mol. The minimum atomic E-state index is 0.425. The first-order valence-electron chi connectivity index (χ1n) is 6.58. The third-order valence-electron chi connectivity index (χ3n) is 3.21. The van der Waals surface area contributed by atoms with Crippen LogP contribution in [0.25, 0.3) is 5.65 Å². The molecule has 0 radical (unpaired) electrons. The minimum absolute atomic E-state index is 0.425. The maximum absolute atomic E-state index is 5.90. The molecule has 108 valence electrons. The molecule has 0 fully saturated rings. The van der Waals surface area contributed by atoms with Crippen molar-refractivity contribution in [3.63, 3.8) is 0 Å². The summed E-state index contributed by atoms with van der Waals surface area (Å²) in [5, 5.41) is 0.734. The van der Waals surface area contributed by atoms with Gasteiger partial charge in [0.25, 0.3) is 0 Å². The van der Waals surface area contributed by atoms with Gasteiger partial charge in [0.15, 0.2) is 0 Å². The Morgan fingerprint density at radius 3 is 2.90 bits per heavy atom. The number of ether oxygens (including phenoxy) is 2. The fourth-order valence-corrected chi connectivity index (χ4v) is 2.58. The van der Waals surface area contributed by atoms with Crippen molar-refractivity contribution in [3.8, 4) is 11.5 Å². The van der Waals surface area contributed by atoms with E-state index in [0.717, 1.165) is 33.7 Å². The van der Waals surface area contributed by atoms with Crippen LogP contribution in [0.1, 0.15) is 11.3 Å². The second kappa shape index (κ2) is 6.18. The Balaban J connectivity index is 1.80. The van der Waals surface area contributed by atoms with Gasteiger partial charge in [-0.05, 0) is 18.2 Å². The van der Waals surface area contributed by atoms with Gasteiger partial charge in [0.05, 0.1) is 12.8 Å². The molecule has 1 aromatic carbocycles. The first-order chi connectivity index (χ1) is 10.3. The lowest BCUT2D eigenvalue weighted by Crippen LogP contribution is -1.98. The van der Waals surface area contributed by atoms with Gasteiger partial charge in [-0.3, -0.25) is 0 Å². The molecular formula is C16H15BrN2O2. The molecule has 0 aliphatic heterocycles. The normalized spacial score (nSPS) is 10.8. The molecule has 0 bridgehead atoms. The van der Waals surface area contributed by atoms with E-state index in [1.54, 1.807) is 7.11 Å². The van der Waals surface area contributed by atoms with Crippen LogP contribution < -0.4 is 9.47 Å². The SMILES string of the molecule is COc1ccc(CBr)c(OCc2cn3ccccc3n2)c1. The van der Waals surface area contributed by atoms with E-state index in [1.165, 1.54) is 0 Å². The summed E-state index contributed by atoms with van der Waals surface area (Å²) in [5.41, 5.74) is 2.89. The van der Waals surface area contributed by atoms with Gasteiger partial charge in [-0.15, -0.1) is 0 Å². The molecule has 0 spiro atoms. The summed E-state index contributed by atoms with van der Waals surface area (Å²) in [6.45, 7) is 0.425. The van der Waals surface area contributed by atoms with Crippen molar-refractivity contribution >= 4 is 21.6 Å². The molecule has 2 heterocycles. The van der Waals surface area contributed by atoms with Crippen molar-refractivity contribution in [1.29, 1.82) is 0 Å². The highest BCUT2D eigenvalue weighted by atomic mass is 79.9. The second-order valence-corrected chi connectivity index (χ2v) is 5.16. The van der Waals surface area contributed by atoms with Gasteiger partial charge in [-0.25, -0.2) is 4.98 Å². The topological polar surface area (TPSA) is 35.8 Å². The summed E-state index contributed by atoms with van der Waals surface area (Å²) in [7, 11) is 1.65. The first kappa shape index (κ1) is 13.9. The molecule has 0 N–H and O–H groups in total. The van der Waals surface area contributed by atoms with Crippen LogP contribution in [-0.4, -0.2) is 16.5 Å². The van der Waals surface area contributed by atoms with Crippen molar-refractivity contribution in [2.24, 2.45) is 0 Å². The highest BCUT2D eigenvalue weighted by Crippen LogP contribution is 2.27. The fraction of sp³-hybridized carbons (Fsp3) is 0.188. The summed E-state index contributed by atoms with van der Waals surface area (Å²) in [4.78, 5) is 4.52. The number of aromatic nitrogens is 2. The number of benzene rings is 1. The Labute approximate surface area is 131 Å². The largest absolute Gasteiger partial charge is 0.497 e. The number of hydrogen-bond donors (Lipinski definition) is 0. The quantitative estimate of drug-likeness (QED) is 0.659. The van der Waals surface area contributed by atoms with Gasteiger partial charge < -0.3 is 13.9 Å². The molecule has 4 nitrogen and oxygen atoms in total. The van der Waals surface area contributed by atoms with Gasteiger partial charge in [0.2, 0.25) is 0 Å². The van der Waals surface area contributed by atoms with E-state index in [1.807, 2.05) is 53.2 Å². The van der Waals surface area contributed by atoms with Gasteiger partial charge in [-0.2, -0.15) is 0 Å². The molecule has 0 aliphatic carbocycles. The Morgan fingerprint density at radius 1 is 1.24 bits per heavy atom. The van der Waals surface area contributed by atoms with Crippen molar-refractivity contribution in [3.05, 3.63) is 60.0 Å². The third kappa shape index (κ3) is 3.03. The van der Waals surface area contributed by atoms with E-state index in [4.69, 9.17) is 9.47 Å². The van der Waals surface area contributed by atoms with Crippen molar-refractivity contribution in [1.82, 2.24) is 9.38 Å². The van der Waals surface area contributed by atoms with Crippen LogP contribution in [0.15, 0.2) is 48.8 Å². The van der Waals surface area contributed by atoms with E-state index in [2.05, 4.69) is 20.9 Å². The molecule has 0 aliphatic rings. The monoisotopic (exact) mass is 346 g/mol. The Hall–Kier alpha value is -2.01. The Kier molecular flexibility index (Phi) is 4.10. The first-order valence-corrected chi connectivity index (χ1v) is 7.70. The number of halogens is 1. The predicted octanol–water partition coefficient (Wildman–Crippen LogP) is 3.82. The van der Waals surface area contributed by atoms with Gasteiger partial charge in [-0.1, -0.05) is 28.1 Å². The molecule has 0 atom stereocenters. The molecule has 0 unspecified atom stereocenters. The van der Waals surface area contributed by atoms with Gasteiger partial charge in [0, 0.05) is 29.4 Å². The van der Waals surface area contributed by atoms with Crippen LogP contribution in [0.5, 0.6) is 11.5 Å². The summed E-state index contributed by atoms with van der Waals surface area (Å²) in [6.07, 6.45) is 3.95. The average Bonchev–Trinajstić information content (AvgIpc) is 2.95. The molecular weight excluding hydrogens is 332 g/mol. The lowest BCUT2D eigenvalue weighted by atomic mass is 10.2. The van der Waals surface area contributed by atoms with Crippen molar-refractivity contribution in [2.75, 3.05) is 7.11 Å². The Morgan fingerprint density at radius 2 is 2.14 bits per heavy atom. The van der Waals surface area contributed by atoms with Gasteiger partial charge >= 0.3 is 0 Å². The van der Waals surface area contributed by atoms with Crippen molar-refractivity contribution < 1.29 is 9.47 Å². The van der Waals surface area contributed by atoms with Crippen LogP contribution in [0, 0.1) is 0 Å². The molecule has 2 aromatic heterocycles. The number of rotatable bonds is 5. The number of pyridine rings is 1. The lowest BCUT2D eigenvalue weighted by molar-refractivity contribution is 0.297. The highest BCUT2D eigenvalue weighted by Gasteiger charge is 2.07. The summed E-state index contributed by atoms with van der Waals surface area (Å²) in [6, 6.07) is 11.7. The minimum Gasteiger partial charge on any atom is -0.497 e. The molecule has 0 amide bonds. The van der Waals surface area contributed by atoms with E-state index >= 15 is 0 Å². The summed E-state index contributed by atoms with van der Waals surface area (Å²) in [5.74, 6) is 1.59. The second-order valence-electron chi connectivity index (χ2n) is 4.59. The van der Waals surface area contributed by atoms with Crippen LogP contribution in [0.2, 0.25) is 0 Å². The lowest BCUT2D eigenvalue weighted by Gasteiger charge is -2.10. The summed E-state index contributed by atoms with van der Waals surface area (Å²) < 4.78 is 13.1. The van der Waals surface area contributed by atoms with Crippen LogP contribution in [0.3, 0.4) is 0 Å². The molecule has 0 saturated heterocycles. The van der Waals surface area contributed by atoms with Crippen LogP contribution >= 0.6 is 15.9 Å². The van der Waals surface area contributed by atoms with Crippen LogP contribution in [-0.2, 0) is 11.9 Å². The van der Waals surface area contributed by atoms with Crippen LogP contribution in [0.4, 0.5) is 0 Å². The number of alkyl halides is 1. The number of fused-ring (bicyclic) bond motifs is 1. The zero-order chi connectivity index (χ0) is 14.7. The molecule has 0 saturated carbocycles. The average molecular weight is 347 g/mol. The summed E-state index contributed by atoms with van der Waals surface area (Å²) >= 11 is 3.47. The number of hydrogen-bond acceptors (Lipinski definition) is 3. The molecule has 5 heteroatoms. The Bertz CT molecular complexity index is 722. The van der Waals surface area contributed by atoms with E-state index in [9.17, 15) is 0 Å². The van der Waals surface area contributed by atoms with E-state index in [-0.39, 0.29) is 0 Å². The maximum atomic E-state index is 5.90. The van der Waals surface area contributed by atoms with E-state index in [0.29, 0.717) is 6.61 Å². The maximum Gasteiger partial charge on any atom is 0.137 e. The highest BCUT2D eigenvalue weighted by molar-refractivity contribution is 9.08. The number of nitrogens with zero attached hydrogens (tertiary/aromatic N) is 2. The number of imidazole rings is 1. The zero-order valence-electron chi connectivity index (χ0n) is 11.6. The number of methoxy groups -OCH3 is 1. The standard InChI is InChI=1S/C16H15BrN2O2/c1-20-14-6-5-12(9-17)15(8-14)21-11-13-10-19-7-3-2-4-16(19)18-13/h2-8,10H,9,11H2,1H3. The fourth-order valence-electron chi connectivity index (χ4n) is 2.12. The smallest absolute Gasteiger partial charge is 0.137 e. The molecule has 21 heavy (non-hydrogen) atoms. The van der Waals surface area contributed by atoms with E-state index < -0.39 is 0 Å². The third-order valence-corrected chi connectivity index (χ3v) is 3.81. The molecule has 3 aromatic rings.